The first-order chi connectivity index (χ1) is 19.8. The zero-order chi connectivity index (χ0) is 29.5. The molecule has 5 rings (SSSR count). The van der Waals surface area contributed by atoms with Crippen LogP contribution in [-0.2, 0) is 20.5 Å². The predicted molar refractivity (Wildman–Crippen MR) is 161 cm³/mol. The van der Waals surface area contributed by atoms with Gasteiger partial charge in [-0.1, -0.05) is 43.2 Å². The van der Waals surface area contributed by atoms with E-state index in [1.165, 1.54) is 4.68 Å². The van der Waals surface area contributed by atoms with Crippen LogP contribution in [0.1, 0.15) is 34.4 Å². The molecule has 11 heteroatoms. The van der Waals surface area contributed by atoms with Crippen molar-refractivity contribution in [1.29, 1.82) is 0 Å². The van der Waals surface area contributed by atoms with Crippen LogP contribution in [-0.4, -0.2) is 41.3 Å². The van der Waals surface area contributed by atoms with Gasteiger partial charge in [0.2, 0.25) is 0 Å². The molecule has 41 heavy (non-hydrogen) atoms. The number of carbonyl (C=O) groups excluding carboxylic acids is 1. The van der Waals surface area contributed by atoms with Crippen molar-refractivity contribution in [3.8, 4) is 17.5 Å². The summed E-state index contributed by atoms with van der Waals surface area (Å²) in [5, 5.41) is 7.35. The number of nitrogen functional groups attached to an aromatic ring is 1. The van der Waals surface area contributed by atoms with E-state index < -0.39 is 5.91 Å². The van der Waals surface area contributed by atoms with Gasteiger partial charge in [-0.15, -0.1) is 6.58 Å². The molecule has 0 aliphatic heterocycles. The van der Waals surface area contributed by atoms with Crippen molar-refractivity contribution in [3.05, 3.63) is 107 Å². The van der Waals surface area contributed by atoms with E-state index in [1.807, 2.05) is 67.1 Å². The normalized spacial score (nSPS) is 10.3. The lowest BCUT2D eigenvalue weighted by Gasteiger charge is -2.13. The summed E-state index contributed by atoms with van der Waals surface area (Å²) in [5.41, 5.74) is 13.7. The minimum Gasteiger partial charge on any atom is -0.381 e. The van der Waals surface area contributed by atoms with E-state index in [9.17, 15) is 9.59 Å². The lowest BCUT2D eigenvalue weighted by atomic mass is 10.1. The molecule has 11 nitrogen and oxygen atoms in total. The van der Waals surface area contributed by atoms with E-state index >= 15 is 0 Å². The van der Waals surface area contributed by atoms with Crippen molar-refractivity contribution in [3.63, 3.8) is 0 Å². The highest BCUT2D eigenvalue weighted by atomic mass is 16.1. The van der Waals surface area contributed by atoms with Gasteiger partial charge in [0.05, 0.1) is 29.1 Å². The topological polar surface area (TPSA) is 152 Å². The van der Waals surface area contributed by atoms with Crippen molar-refractivity contribution < 1.29 is 4.79 Å². The van der Waals surface area contributed by atoms with Crippen LogP contribution in [0.15, 0.2) is 78.5 Å². The van der Waals surface area contributed by atoms with Crippen molar-refractivity contribution in [2.75, 3.05) is 17.6 Å². The molecular formula is C30H31N9O2. The van der Waals surface area contributed by atoms with Crippen molar-refractivity contribution in [1.82, 2.24) is 28.9 Å². The number of aryl methyl sites for hydroxylation is 3. The number of para-hydroxylation sites is 1. The van der Waals surface area contributed by atoms with Crippen molar-refractivity contribution in [2.24, 2.45) is 19.8 Å². The van der Waals surface area contributed by atoms with Gasteiger partial charge in [-0.25, -0.2) is 9.97 Å². The first-order valence-corrected chi connectivity index (χ1v) is 12.8. The zero-order valence-corrected chi connectivity index (χ0v) is 23.1. The summed E-state index contributed by atoms with van der Waals surface area (Å²) in [6.07, 6.45) is 5.72. The van der Waals surface area contributed by atoms with Crippen LogP contribution in [0.5, 0.6) is 0 Å². The molecule has 5 N–H and O–H groups in total. The fraction of sp³-hybridized carbons (Fsp3) is 0.167. The molecule has 5 aromatic rings. The Balaban J connectivity index is 0.000000234. The number of nitrogens with two attached hydrogens (primary N) is 2. The number of nitrogens with zero attached hydrogens (tertiary/aromatic N) is 6. The summed E-state index contributed by atoms with van der Waals surface area (Å²) >= 11 is 0. The molecule has 2 aromatic carbocycles. The third-order valence-electron chi connectivity index (χ3n) is 6.17. The average Bonchev–Trinajstić information content (AvgIpc) is 3.51. The molecule has 1 amide bonds. The number of primary amides is 1. The lowest BCUT2D eigenvalue weighted by molar-refractivity contribution is 0.100. The predicted octanol–water partition coefficient (Wildman–Crippen LogP) is 2.78. The SMILES string of the molecule is C=CCNc1c(C(N)=O)c(N)nn1C.CCc1nc2cccc(C#Cc3cncn3C)c2c(=O)n1-c1ccccc1. The number of hydrogen-bond donors (Lipinski definition) is 3. The molecule has 0 spiro atoms. The van der Waals surface area contributed by atoms with Crippen LogP contribution < -0.4 is 22.3 Å². The largest absolute Gasteiger partial charge is 0.381 e. The number of imidazole rings is 1. The van der Waals surface area contributed by atoms with E-state index in [2.05, 4.69) is 33.8 Å². The minimum atomic E-state index is -0.595. The Morgan fingerprint density at radius 2 is 1.88 bits per heavy atom. The summed E-state index contributed by atoms with van der Waals surface area (Å²) in [5.74, 6) is 6.99. The first-order valence-electron chi connectivity index (χ1n) is 12.8. The van der Waals surface area contributed by atoms with Gasteiger partial charge in [0.25, 0.3) is 11.5 Å². The van der Waals surface area contributed by atoms with E-state index in [-0.39, 0.29) is 16.9 Å². The average molecular weight is 550 g/mol. The van der Waals surface area contributed by atoms with Crippen LogP contribution in [0.25, 0.3) is 16.6 Å². The number of hydrogen-bond acceptors (Lipinski definition) is 7. The molecule has 0 unspecified atom stereocenters. The highest BCUT2D eigenvalue weighted by Gasteiger charge is 2.18. The summed E-state index contributed by atoms with van der Waals surface area (Å²) in [6.45, 7) is 6.06. The maximum atomic E-state index is 13.4. The molecule has 0 saturated carbocycles. The van der Waals surface area contributed by atoms with Gasteiger partial charge in [-0.05, 0) is 30.2 Å². The molecule has 208 valence electrons. The minimum absolute atomic E-state index is 0.0991. The molecule has 0 bridgehead atoms. The van der Waals surface area contributed by atoms with Gasteiger partial charge in [-0.3, -0.25) is 18.8 Å². The molecule has 0 saturated heterocycles. The Kier molecular flexibility index (Phi) is 8.64. The highest BCUT2D eigenvalue weighted by molar-refractivity contribution is 6.02. The number of amides is 1. The Hall–Kier alpha value is -5.63. The first kappa shape index (κ1) is 28.4. The van der Waals surface area contributed by atoms with Gasteiger partial charge in [0.1, 0.15) is 22.9 Å². The quantitative estimate of drug-likeness (QED) is 0.218. The van der Waals surface area contributed by atoms with Crippen LogP contribution in [0, 0.1) is 11.8 Å². The summed E-state index contributed by atoms with van der Waals surface area (Å²) in [4.78, 5) is 33.2. The van der Waals surface area contributed by atoms with Gasteiger partial charge in [-0.2, -0.15) is 5.10 Å². The fourth-order valence-corrected chi connectivity index (χ4v) is 4.23. The molecule has 0 atom stereocenters. The standard InChI is InChI=1S/C22H18N4O.C8H13N5O/c1-3-20-24-19-11-7-8-16(12-13-18-14-23-15-25(18)2)21(19)22(27)26(20)17-9-5-4-6-10-17;1-3-4-11-8-5(7(10)14)6(9)12-13(8)2/h4-11,14-15H,3H2,1-2H3;3,11H,1,4H2,2H3,(H2,9,12)(H2,10,14). The highest BCUT2D eigenvalue weighted by Crippen LogP contribution is 2.20. The number of anilines is 2. The molecule has 0 radical (unpaired) electrons. The molecular weight excluding hydrogens is 518 g/mol. The summed E-state index contributed by atoms with van der Waals surface area (Å²) < 4.78 is 4.99. The molecule has 0 aliphatic carbocycles. The van der Waals surface area contributed by atoms with Crippen LogP contribution in [0.4, 0.5) is 11.6 Å². The second-order valence-electron chi connectivity index (χ2n) is 8.96. The smallest absolute Gasteiger partial charge is 0.267 e. The van der Waals surface area contributed by atoms with Gasteiger partial charge >= 0.3 is 0 Å². The number of aromatic nitrogens is 6. The van der Waals surface area contributed by atoms with Gasteiger partial charge < -0.3 is 21.4 Å². The molecule has 3 aromatic heterocycles. The van der Waals surface area contributed by atoms with Crippen LogP contribution >= 0.6 is 0 Å². The fourth-order valence-electron chi connectivity index (χ4n) is 4.23. The Bertz CT molecular complexity index is 1840. The van der Waals surface area contributed by atoms with Gasteiger partial charge in [0.15, 0.2) is 5.82 Å². The van der Waals surface area contributed by atoms with Gasteiger partial charge in [0, 0.05) is 32.6 Å². The Labute approximate surface area is 237 Å². The van der Waals surface area contributed by atoms with Crippen molar-refractivity contribution >= 4 is 28.4 Å². The number of fused-ring (bicyclic) bond motifs is 1. The number of rotatable bonds is 6. The van der Waals surface area contributed by atoms with Crippen LogP contribution in [0.2, 0.25) is 0 Å². The molecule has 0 aliphatic rings. The monoisotopic (exact) mass is 549 g/mol. The number of carbonyl (C=O) groups is 1. The maximum absolute atomic E-state index is 13.4. The molecule has 3 heterocycles. The maximum Gasteiger partial charge on any atom is 0.267 e. The Morgan fingerprint density at radius 3 is 2.51 bits per heavy atom. The number of nitrogens with one attached hydrogen (secondary N) is 1. The van der Waals surface area contributed by atoms with Crippen molar-refractivity contribution in [2.45, 2.75) is 13.3 Å². The third-order valence-corrected chi connectivity index (χ3v) is 6.17. The van der Waals surface area contributed by atoms with E-state index in [0.29, 0.717) is 35.2 Å². The second-order valence-corrected chi connectivity index (χ2v) is 8.96. The number of benzene rings is 2. The second kappa shape index (κ2) is 12.5. The third kappa shape index (κ3) is 6.02. The molecule has 0 fully saturated rings. The zero-order valence-electron chi connectivity index (χ0n) is 23.1. The van der Waals surface area contributed by atoms with Crippen LogP contribution in [0.3, 0.4) is 0 Å². The summed E-state index contributed by atoms with van der Waals surface area (Å²) in [7, 11) is 3.56. The van der Waals surface area contributed by atoms with E-state index in [0.717, 1.165) is 17.2 Å². The van der Waals surface area contributed by atoms with E-state index in [1.54, 1.807) is 30.2 Å². The Morgan fingerprint density at radius 1 is 1.12 bits per heavy atom. The lowest BCUT2D eigenvalue weighted by Crippen LogP contribution is -2.24. The van der Waals surface area contributed by atoms with E-state index in [4.69, 9.17) is 16.5 Å². The summed E-state index contributed by atoms with van der Waals surface area (Å²) in [6, 6.07) is 15.2.